The van der Waals surface area contributed by atoms with Crippen LogP contribution in [0.4, 0.5) is 5.69 Å². The second-order valence-corrected chi connectivity index (χ2v) is 10.9. The first-order valence-corrected chi connectivity index (χ1v) is 13.8. The number of hydrogen-bond donors (Lipinski definition) is 1. The fourth-order valence-corrected chi connectivity index (χ4v) is 5.61. The fourth-order valence-electron chi connectivity index (χ4n) is 4.20. The summed E-state index contributed by atoms with van der Waals surface area (Å²) >= 11 is 0. The van der Waals surface area contributed by atoms with Gasteiger partial charge in [0.2, 0.25) is 11.8 Å². The van der Waals surface area contributed by atoms with Gasteiger partial charge in [0, 0.05) is 13.6 Å². The zero-order valence-electron chi connectivity index (χ0n) is 22.5. The molecule has 9 heteroatoms. The number of nitrogens with zero attached hydrogens (tertiary/aromatic N) is 2. The first-order chi connectivity index (χ1) is 18.1. The molecule has 38 heavy (non-hydrogen) atoms. The molecule has 1 N–H and O–H groups in total. The summed E-state index contributed by atoms with van der Waals surface area (Å²) in [7, 11) is -1.03. The summed E-state index contributed by atoms with van der Waals surface area (Å²) in [6, 6.07) is 19.9. The Hall–Kier alpha value is -3.85. The molecule has 0 saturated carbocycles. The monoisotopic (exact) mass is 537 g/mol. The molecule has 0 aliphatic carbocycles. The standard InChI is InChI=1S/C29H35N3O5S/c1-6-27(29(34)30-4)31(19-23-10-8-12-25(18-23)37-5)28(33)20-32(24-11-7-9-22(3)17-24)38(35,36)26-15-13-21(2)14-16-26/h7-18,27H,6,19-20H2,1-5H3,(H,30,34)/t27-/m0/s1. The number of aryl methyl sites for hydroxylation is 2. The normalized spacial score (nSPS) is 11.9. The Bertz CT molecular complexity index is 1370. The van der Waals surface area contributed by atoms with E-state index in [4.69, 9.17) is 4.74 Å². The molecule has 3 aromatic carbocycles. The van der Waals surface area contributed by atoms with Gasteiger partial charge in [0.05, 0.1) is 17.7 Å². The van der Waals surface area contributed by atoms with Crippen LogP contribution in [-0.4, -0.2) is 51.9 Å². The number of benzene rings is 3. The van der Waals surface area contributed by atoms with E-state index in [1.165, 1.54) is 24.1 Å². The summed E-state index contributed by atoms with van der Waals surface area (Å²) in [6.07, 6.45) is 0.352. The highest BCUT2D eigenvalue weighted by Gasteiger charge is 2.33. The van der Waals surface area contributed by atoms with Crippen molar-refractivity contribution in [1.29, 1.82) is 0 Å². The van der Waals surface area contributed by atoms with Crippen LogP contribution < -0.4 is 14.4 Å². The maximum absolute atomic E-state index is 13.9. The summed E-state index contributed by atoms with van der Waals surface area (Å²) in [4.78, 5) is 28.2. The third kappa shape index (κ3) is 6.72. The lowest BCUT2D eigenvalue weighted by Gasteiger charge is -2.33. The Morgan fingerprint density at radius 2 is 1.63 bits per heavy atom. The number of ether oxygens (including phenoxy) is 1. The molecule has 202 valence electrons. The van der Waals surface area contributed by atoms with E-state index in [2.05, 4.69) is 5.32 Å². The largest absolute Gasteiger partial charge is 0.497 e. The second-order valence-electron chi connectivity index (χ2n) is 9.08. The Kier molecular flexibility index (Phi) is 9.52. The summed E-state index contributed by atoms with van der Waals surface area (Å²) in [5, 5.41) is 2.62. The van der Waals surface area contributed by atoms with Crippen LogP contribution in [0.5, 0.6) is 5.75 Å². The average Bonchev–Trinajstić information content (AvgIpc) is 2.91. The van der Waals surface area contributed by atoms with E-state index in [1.54, 1.807) is 55.6 Å². The van der Waals surface area contributed by atoms with Crippen LogP contribution in [0, 0.1) is 13.8 Å². The molecule has 0 aliphatic heterocycles. The van der Waals surface area contributed by atoms with Crippen LogP contribution in [0.3, 0.4) is 0 Å². The number of anilines is 1. The van der Waals surface area contributed by atoms with Gasteiger partial charge in [0.1, 0.15) is 18.3 Å². The number of rotatable bonds is 11. The highest BCUT2D eigenvalue weighted by Crippen LogP contribution is 2.26. The Balaban J connectivity index is 2.06. The van der Waals surface area contributed by atoms with Gasteiger partial charge < -0.3 is 15.0 Å². The van der Waals surface area contributed by atoms with Gasteiger partial charge in [-0.25, -0.2) is 8.42 Å². The number of carbonyl (C=O) groups is 2. The zero-order chi connectivity index (χ0) is 27.9. The van der Waals surface area contributed by atoms with Crippen LogP contribution in [0.15, 0.2) is 77.7 Å². The molecule has 3 rings (SSSR count). The van der Waals surface area contributed by atoms with E-state index in [9.17, 15) is 18.0 Å². The molecule has 2 amide bonds. The van der Waals surface area contributed by atoms with E-state index < -0.39 is 28.5 Å². The van der Waals surface area contributed by atoms with Gasteiger partial charge in [-0.3, -0.25) is 13.9 Å². The number of methoxy groups -OCH3 is 1. The summed E-state index contributed by atoms with van der Waals surface area (Å²) in [6.45, 7) is 5.17. The van der Waals surface area contributed by atoms with Crippen molar-refractivity contribution in [2.75, 3.05) is 25.0 Å². The quantitative estimate of drug-likeness (QED) is 0.398. The molecule has 0 unspecified atom stereocenters. The zero-order valence-corrected chi connectivity index (χ0v) is 23.3. The van der Waals surface area contributed by atoms with Crippen LogP contribution in [0.2, 0.25) is 0 Å². The second kappa shape index (κ2) is 12.6. The van der Waals surface area contributed by atoms with E-state index in [0.717, 1.165) is 21.0 Å². The molecule has 0 bridgehead atoms. The van der Waals surface area contributed by atoms with Crippen molar-refractivity contribution in [3.8, 4) is 5.75 Å². The third-order valence-corrected chi connectivity index (χ3v) is 8.08. The number of carbonyl (C=O) groups excluding carboxylic acids is 2. The molecule has 1 atom stereocenters. The van der Waals surface area contributed by atoms with Crippen molar-refractivity contribution in [3.05, 3.63) is 89.5 Å². The van der Waals surface area contributed by atoms with Crippen molar-refractivity contribution in [2.45, 2.75) is 44.7 Å². The first kappa shape index (κ1) is 28.7. The number of sulfonamides is 1. The Morgan fingerprint density at radius 3 is 2.24 bits per heavy atom. The Morgan fingerprint density at radius 1 is 0.947 bits per heavy atom. The molecule has 0 fully saturated rings. The smallest absolute Gasteiger partial charge is 0.264 e. The minimum atomic E-state index is -4.09. The van der Waals surface area contributed by atoms with Gasteiger partial charge >= 0.3 is 0 Å². The molecule has 8 nitrogen and oxygen atoms in total. The molecule has 3 aromatic rings. The SMILES string of the molecule is CC[C@@H](C(=O)NC)N(Cc1cccc(OC)c1)C(=O)CN(c1cccc(C)c1)S(=O)(=O)c1ccc(C)cc1. The van der Waals surface area contributed by atoms with Crippen LogP contribution in [0.1, 0.15) is 30.0 Å². The number of hydrogen-bond acceptors (Lipinski definition) is 5. The minimum Gasteiger partial charge on any atom is -0.497 e. The van der Waals surface area contributed by atoms with Gasteiger partial charge in [-0.1, -0.05) is 48.9 Å². The van der Waals surface area contributed by atoms with Crippen LogP contribution in [-0.2, 0) is 26.2 Å². The topological polar surface area (TPSA) is 96.0 Å². The maximum Gasteiger partial charge on any atom is 0.264 e. The lowest BCUT2D eigenvalue weighted by molar-refractivity contribution is -0.140. The number of nitrogens with one attached hydrogen (secondary N) is 1. The van der Waals surface area contributed by atoms with E-state index in [0.29, 0.717) is 17.9 Å². The molecule has 0 aliphatic rings. The van der Waals surface area contributed by atoms with E-state index in [1.807, 2.05) is 32.9 Å². The van der Waals surface area contributed by atoms with Gasteiger partial charge in [0.15, 0.2) is 0 Å². The van der Waals surface area contributed by atoms with E-state index in [-0.39, 0.29) is 17.3 Å². The van der Waals surface area contributed by atoms with Crippen molar-refractivity contribution in [1.82, 2.24) is 10.2 Å². The fraction of sp³-hybridized carbons (Fsp3) is 0.310. The number of likely N-dealkylation sites (N-methyl/N-ethyl adjacent to an activating group) is 1. The maximum atomic E-state index is 13.9. The average molecular weight is 538 g/mol. The predicted octanol–water partition coefficient (Wildman–Crippen LogP) is 4.06. The van der Waals surface area contributed by atoms with Gasteiger partial charge in [-0.05, 0) is 67.8 Å². The summed E-state index contributed by atoms with van der Waals surface area (Å²) < 4.78 is 34.1. The highest BCUT2D eigenvalue weighted by molar-refractivity contribution is 7.92. The lowest BCUT2D eigenvalue weighted by Crippen LogP contribution is -2.51. The van der Waals surface area contributed by atoms with Gasteiger partial charge in [-0.15, -0.1) is 0 Å². The van der Waals surface area contributed by atoms with Crippen LogP contribution in [0.25, 0.3) is 0 Å². The van der Waals surface area contributed by atoms with Crippen LogP contribution >= 0.6 is 0 Å². The van der Waals surface area contributed by atoms with Crippen molar-refractivity contribution < 1.29 is 22.7 Å². The molecule has 0 radical (unpaired) electrons. The highest BCUT2D eigenvalue weighted by atomic mass is 32.2. The van der Waals surface area contributed by atoms with Crippen molar-refractivity contribution >= 4 is 27.5 Å². The number of amides is 2. The molecule has 0 spiro atoms. The molecule has 0 saturated heterocycles. The molecule has 0 heterocycles. The molecule has 0 aromatic heterocycles. The van der Waals surface area contributed by atoms with E-state index >= 15 is 0 Å². The Labute approximate surface area is 225 Å². The first-order valence-electron chi connectivity index (χ1n) is 12.4. The van der Waals surface area contributed by atoms with Gasteiger partial charge in [-0.2, -0.15) is 0 Å². The molecular weight excluding hydrogens is 502 g/mol. The lowest BCUT2D eigenvalue weighted by atomic mass is 10.1. The predicted molar refractivity (Wildman–Crippen MR) is 149 cm³/mol. The van der Waals surface area contributed by atoms with Crippen molar-refractivity contribution in [3.63, 3.8) is 0 Å². The molecular formula is C29H35N3O5S. The van der Waals surface area contributed by atoms with Gasteiger partial charge in [0.25, 0.3) is 10.0 Å². The van der Waals surface area contributed by atoms with Crippen molar-refractivity contribution in [2.24, 2.45) is 0 Å². The summed E-state index contributed by atoms with van der Waals surface area (Å²) in [5.41, 5.74) is 2.89. The summed E-state index contributed by atoms with van der Waals surface area (Å²) in [5.74, 6) is -0.209. The third-order valence-electron chi connectivity index (χ3n) is 6.30. The minimum absolute atomic E-state index is 0.0788.